The van der Waals surface area contributed by atoms with Crippen LogP contribution in [-0.2, 0) is 10.9 Å². The second-order valence-corrected chi connectivity index (χ2v) is 6.24. The third-order valence-corrected chi connectivity index (χ3v) is 4.18. The minimum absolute atomic E-state index is 0.0215. The van der Waals surface area contributed by atoms with E-state index in [0.29, 0.717) is 0 Å². The lowest BCUT2D eigenvalue weighted by Gasteiger charge is -2.20. The maximum absolute atomic E-state index is 13.6. The van der Waals surface area contributed by atoms with Gasteiger partial charge < -0.3 is 14.5 Å². The Bertz CT molecular complexity index is 1120. The molecule has 2 aromatic heterocycles. The van der Waals surface area contributed by atoms with Crippen LogP contribution in [0, 0.1) is 6.92 Å². The van der Waals surface area contributed by atoms with Crippen molar-refractivity contribution < 1.29 is 27.4 Å². The molecule has 3 aromatic rings. The molecule has 2 heterocycles. The standard InChI is InChI=1S/C19H16F3N3O4/c1-9(29-11-4-5-15(23-8-11)18(27)28-3)12-6-13-16(7-14(12)19(20,21)22)24-10(2)25-17(13)26/h4-9H,1-3H3,(H,24,25,26)/t9-/m0/s1. The number of hydrogen-bond donors (Lipinski definition) is 1. The molecule has 10 heteroatoms. The summed E-state index contributed by atoms with van der Waals surface area (Å²) in [5, 5.41) is 0.0215. The first kappa shape index (κ1) is 20.3. The number of carbonyl (C=O) groups excluding carboxylic acids is 1. The molecule has 1 atom stereocenters. The van der Waals surface area contributed by atoms with Crippen molar-refractivity contribution in [3.8, 4) is 5.75 Å². The zero-order chi connectivity index (χ0) is 21.3. The molecule has 29 heavy (non-hydrogen) atoms. The molecular formula is C19H16F3N3O4. The van der Waals surface area contributed by atoms with Crippen LogP contribution in [0.15, 0.2) is 35.3 Å². The monoisotopic (exact) mass is 407 g/mol. The average molecular weight is 407 g/mol. The van der Waals surface area contributed by atoms with Crippen molar-refractivity contribution in [2.75, 3.05) is 7.11 Å². The van der Waals surface area contributed by atoms with E-state index in [1.54, 1.807) is 0 Å². The fraction of sp³-hybridized carbons (Fsp3) is 0.263. The van der Waals surface area contributed by atoms with Crippen LogP contribution in [0.25, 0.3) is 10.9 Å². The van der Waals surface area contributed by atoms with Crippen LogP contribution >= 0.6 is 0 Å². The van der Waals surface area contributed by atoms with Crippen molar-refractivity contribution in [1.29, 1.82) is 0 Å². The van der Waals surface area contributed by atoms with Gasteiger partial charge in [-0.15, -0.1) is 0 Å². The van der Waals surface area contributed by atoms with Gasteiger partial charge in [0, 0.05) is 5.56 Å². The number of fused-ring (bicyclic) bond motifs is 1. The number of nitrogens with one attached hydrogen (secondary N) is 1. The lowest BCUT2D eigenvalue weighted by atomic mass is 10.00. The Morgan fingerprint density at radius 2 is 1.97 bits per heavy atom. The van der Waals surface area contributed by atoms with Crippen molar-refractivity contribution in [1.82, 2.24) is 15.0 Å². The van der Waals surface area contributed by atoms with Gasteiger partial charge in [-0.1, -0.05) is 0 Å². The minimum Gasteiger partial charge on any atom is -0.484 e. The van der Waals surface area contributed by atoms with Gasteiger partial charge in [0.25, 0.3) is 5.56 Å². The number of esters is 1. The van der Waals surface area contributed by atoms with E-state index in [2.05, 4.69) is 19.7 Å². The number of methoxy groups -OCH3 is 1. The number of rotatable bonds is 4. The third-order valence-electron chi connectivity index (χ3n) is 4.18. The molecule has 7 nitrogen and oxygen atoms in total. The van der Waals surface area contributed by atoms with Crippen molar-refractivity contribution in [2.45, 2.75) is 26.1 Å². The van der Waals surface area contributed by atoms with Crippen molar-refractivity contribution in [2.24, 2.45) is 0 Å². The van der Waals surface area contributed by atoms with E-state index in [-0.39, 0.29) is 33.7 Å². The molecule has 0 aliphatic carbocycles. The number of benzene rings is 1. The fourth-order valence-corrected chi connectivity index (χ4v) is 2.84. The number of alkyl halides is 3. The molecule has 0 saturated heterocycles. The predicted octanol–water partition coefficient (Wildman–Crippen LogP) is 3.57. The van der Waals surface area contributed by atoms with E-state index in [1.165, 1.54) is 39.3 Å². The summed E-state index contributed by atoms with van der Waals surface area (Å²) in [6.45, 7) is 2.90. The van der Waals surface area contributed by atoms with Gasteiger partial charge in [-0.05, 0) is 38.1 Å². The number of H-pyrrole nitrogens is 1. The number of nitrogens with zero attached hydrogens (tertiary/aromatic N) is 2. The van der Waals surface area contributed by atoms with E-state index in [1.807, 2.05) is 0 Å². The Labute approximate surface area is 162 Å². The third kappa shape index (κ3) is 4.20. The van der Waals surface area contributed by atoms with E-state index >= 15 is 0 Å². The van der Waals surface area contributed by atoms with Crippen LogP contribution in [0.5, 0.6) is 5.75 Å². The Morgan fingerprint density at radius 3 is 2.55 bits per heavy atom. The van der Waals surface area contributed by atoms with Crippen molar-refractivity contribution in [3.05, 3.63) is 63.5 Å². The summed E-state index contributed by atoms with van der Waals surface area (Å²) >= 11 is 0. The van der Waals surface area contributed by atoms with Gasteiger partial charge in [0.15, 0.2) is 0 Å². The number of aromatic nitrogens is 3. The second-order valence-electron chi connectivity index (χ2n) is 6.24. The minimum atomic E-state index is -4.67. The number of carbonyl (C=O) groups is 1. The van der Waals surface area contributed by atoms with Gasteiger partial charge in [0.2, 0.25) is 0 Å². The first-order valence-corrected chi connectivity index (χ1v) is 8.43. The van der Waals surface area contributed by atoms with Crippen LogP contribution in [-0.4, -0.2) is 28.0 Å². The topological polar surface area (TPSA) is 94.2 Å². The normalized spacial score (nSPS) is 12.6. The second kappa shape index (κ2) is 7.53. The van der Waals surface area contributed by atoms with Crippen LogP contribution in [0.4, 0.5) is 13.2 Å². The Hall–Kier alpha value is -3.43. The number of aromatic amines is 1. The summed E-state index contributed by atoms with van der Waals surface area (Å²) in [4.78, 5) is 33.9. The molecule has 1 aromatic carbocycles. The van der Waals surface area contributed by atoms with Crippen LogP contribution < -0.4 is 10.3 Å². The SMILES string of the molecule is COC(=O)c1ccc(O[C@@H](C)c2cc3c(=O)[nH]c(C)nc3cc2C(F)(F)F)cn1. The molecule has 0 bridgehead atoms. The average Bonchev–Trinajstić information content (AvgIpc) is 2.66. The van der Waals surface area contributed by atoms with Gasteiger partial charge in [-0.25, -0.2) is 14.8 Å². The molecule has 1 N–H and O–H groups in total. The van der Waals surface area contributed by atoms with Crippen molar-refractivity contribution >= 4 is 16.9 Å². The Kier molecular flexibility index (Phi) is 5.27. The number of halogens is 3. The highest BCUT2D eigenvalue weighted by molar-refractivity contribution is 5.87. The largest absolute Gasteiger partial charge is 0.484 e. The van der Waals surface area contributed by atoms with E-state index in [4.69, 9.17) is 4.74 Å². The molecular weight excluding hydrogens is 391 g/mol. The molecule has 0 aliphatic rings. The highest BCUT2D eigenvalue weighted by Gasteiger charge is 2.36. The molecule has 0 saturated carbocycles. The first-order chi connectivity index (χ1) is 13.6. The molecule has 0 spiro atoms. The van der Waals surface area contributed by atoms with E-state index < -0.39 is 29.4 Å². The van der Waals surface area contributed by atoms with Crippen LogP contribution in [0.2, 0.25) is 0 Å². The summed E-state index contributed by atoms with van der Waals surface area (Å²) in [5.41, 5.74) is -1.74. The van der Waals surface area contributed by atoms with Gasteiger partial charge in [-0.2, -0.15) is 13.2 Å². The van der Waals surface area contributed by atoms with Crippen molar-refractivity contribution in [3.63, 3.8) is 0 Å². The molecule has 0 fully saturated rings. The smallest absolute Gasteiger partial charge is 0.416 e. The summed E-state index contributed by atoms with van der Waals surface area (Å²) in [5.74, 6) is -0.292. The maximum Gasteiger partial charge on any atom is 0.416 e. The molecule has 0 amide bonds. The van der Waals surface area contributed by atoms with Crippen LogP contribution in [0.3, 0.4) is 0 Å². The molecule has 0 aliphatic heterocycles. The lowest BCUT2D eigenvalue weighted by molar-refractivity contribution is -0.138. The van der Waals surface area contributed by atoms with Gasteiger partial charge in [-0.3, -0.25) is 4.79 Å². The summed E-state index contributed by atoms with van der Waals surface area (Å²) in [6.07, 6.45) is -4.54. The maximum atomic E-state index is 13.6. The Morgan fingerprint density at radius 1 is 1.24 bits per heavy atom. The fourth-order valence-electron chi connectivity index (χ4n) is 2.84. The predicted molar refractivity (Wildman–Crippen MR) is 96.7 cm³/mol. The summed E-state index contributed by atoms with van der Waals surface area (Å²) in [6, 6.07) is 4.69. The first-order valence-electron chi connectivity index (χ1n) is 8.43. The number of hydrogen-bond acceptors (Lipinski definition) is 6. The molecule has 0 radical (unpaired) electrons. The summed E-state index contributed by atoms with van der Waals surface area (Å²) < 4.78 is 51.0. The molecule has 152 valence electrons. The van der Waals surface area contributed by atoms with Gasteiger partial charge in [0.1, 0.15) is 23.4 Å². The van der Waals surface area contributed by atoms with Gasteiger partial charge in [0.05, 0.1) is 29.8 Å². The van der Waals surface area contributed by atoms with Gasteiger partial charge >= 0.3 is 12.1 Å². The zero-order valence-corrected chi connectivity index (χ0v) is 15.6. The number of aryl methyl sites for hydroxylation is 1. The number of ether oxygens (including phenoxy) is 2. The number of pyridine rings is 1. The highest BCUT2D eigenvalue weighted by Crippen LogP contribution is 2.37. The van der Waals surface area contributed by atoms with Crippen LogP contribution in [0.1, 0.15) is 40.5 Å². The zero-order valence-electron chi connectivity index (χ0n) is 15.6. The Balaban J connectivity index is 2.03. The molecule has 3 rings (SSSR count). The van der Waals surface area contributed by atoms with E-state index in [9.17, 15) is 22.8 Å². The lowest BCUT2D eigenvalue weighted by Crippen LogP contribution is -2.17. The quantitative estimate of drug-likeness (QED) is 0.665. The molecule has 0 unspecified atom stereocenters. The summed E-state index contributed by atoms with van der Waals surface area (Å²) in [7, 11) is 1.20. The van der Waals surface area contributed by atoms with E-state index in [0.717, 1.165) is 12.1 Å². The highest BCUT2D eigenvalue weighted by atomic mass is 19.4.